The first kappa shape index (κ1) is 18.1. The molecule has 1 aromatic carbocycles. The van der Waals surface area contributed by atoms with E-state index in [0.29, 0.717) is 16.0 Å². The van der Waals surface area contributed by atoms with Crippen molar-refractivity contribution in [1.82, 2.24) is 5.32 Å². The molecule has 4 heteroatoms. The number of furan rings is 1. The van der Waals surface area contributed by atoms with Crippen LogP contribution in [0.4, 0.5) is 0 Å². The molecule has 0 saturated heterocycles. The van der Waals surface area contributed by atoms with Crippen LogP contribution >= 0.6 is 23.2 Å². The highest BCUT2D eigenvalue weighted by Gasteiger charge is 2.09. The molecule has 1 aromatic heterocycles. The summed E-state index contributed by atoms with van der Waals surface area (Å²) in [4.78, 5) is 0. The second-order valence-electron chi connectivity index (χ2n) is 5.65. The molecule has 2 aromatic rings. The molecule has 2 nitrogen and oxygen atoms in total. The average molecular weight is 352 g/mol. The first-order valence-corrected chi connectivity index (χ1v) is 8.75. The van der Waals surface area contributed by atoms with Gasteiger partial charge in [0.1, 0.15) is 11.5 Å². The fourth-order valence-corrected chi connectivity index (χ4v) is 3.05. The van der Waals surface area contributed by atoms with Gasteiger partial charge >= 0.3 is 0 Å². The van der Waals surface area contributed by atoms with Crippen LogP contribution in [-0.4, -0.2) is 6.54 Å². The summed E-state index contributed by atoms with van der Waals surface area (Å²) in [5.74, 6) is 2.38. The molecule has 0 amide bonds. The number of nitrogens with one attached hydrogen (secondary N) is 1. The molecule has 0 aliphatic carbocycles. The Labute approximate surface area is 148 Å². The Morgan fingerprint density at radius 2 is 2.09 bits per heavy atom. The lowest BCUT2D eigenvalue weighted by Crippen LogP contribution is -2.17. The normalized spacial score (nSPS) is 12.3. The van der Waals surface area contributed by atoms with Gasteiger partial charge in [-0.15, -0.1) is 6.58 Å². The van der Waals surface area contributed by atoms with Gasteiger partial charge in [0.15, 0.2) is 0 Å². The molecule has 0 spiro atoms. The predicted octanol–water partition coefficient (Wildman–Crippen LogP) is 6.34. The number of hydrogen-bond acceptors (Lipinski definition) is 2. The van der Waals surface area contributed by atoms with Crippen LogP contribution in [0.15, 0.2) is 47.4 Å². The van der Waals surface area contributed by atoms with Crippen molar-refractivity contribution in [2.75, 3.05) is 6.54 Å². The van der Waals surface area contributed by atoms with Crippen molar-refractivity contribution >= 4 is 23.2 Å². The van der Waals surface area contributed by atoms with Crippen LogP contribution in [0.25, 0.3) is 11.3 Å². The van der Waals surface area contributed by atoms with Crippen LogP contribution in [0.2, 0.25) is 10.0 Å². The SMILES string of the molecule is C=CCC(CC)CCNCc1ccc(-c2ccc(Cl)cc2Cl)o1. The molecule has 0 aliphatic rings. The molecule has 0 fully saturated rings. The third-order valence-corrected chi connectivity index (χ3v) is 4.51. The van der Waals surface area contributed by atoms with Crippen LogP contribution in [0.5, 0.6) is 0 Å². The first-order valence-electron chi connectivity index (χ1n) is 7.99. The Kier molecular flexibility index (Phi) is 7.22. The van der Waals surface area contributed by atoms with E-state index in [2.05, 4.69) is 18.8 Å². The van der Waals surface area contributed by atoms with Crippen molar-refractivity contribution in [3.63, 3.8) is 0 Å². The molecule has 1 heterocycles. The summed E-state index contributed by atoms with van der Waals surface area (Å²) in [5, 5.41) is 4.65. The van der Waals surface area contributed by atoms with E-state index in [-0.39, 0.29) is 0 Å². The van der Waals surface area contributed by atoms with Gasteiger partial charge in [-0.2, -0.15) is 0 Å². The van der Waals surface area contributed by atoms with Gasteiger partial charge in [0.2, 0.25) is 0 Å². The molecule has 1 unspecified atom stereocenters. The minimum atomic E-state index is 0.599. The number of allylic oxidation sites excluding steroid dienone is 1. The van der Waals surface area contributed by atoms with Crippen LogP contribution in [0.3, 0.4) is 0 Å². The Bertz CT molecular complexity index is 636. The second-order valence-corrected chi connectivity index (χ2v) is 6.50. The van der Waals surface area contributed by atoms with Gasteiger partial charge in [0.05, 0.1) is 11.6 Å². The first-order chi connectivity index (χ1) is 11.1. The van der Waals surface area contributed by atoms with Gasteiger partial charge in [-0.3, -0.25) is 0 Å². The summed E-state index contributed by atoms with van der Waals surface area (Å²) >= 11 is 12.1. The highest BCUT2D eigenvalue weighted by Crippen LogP contribution is 2.31. The summed E-state index contributed by atoms with van der Waals surface area (Å²) in [6, 6.07) is 9.34. The zero-order chi connectivity index (χ0) is 16.7. The van der Waals surface area contributed by atoms with Gasteiger partial charge in [0, 0.05) is 10.6 Å². The second kappa shape index (κ2) is 9.17. The quantitative estimate of drug-likeness (QED) is 0.421. The van der Waals surface area contributed by atoms with Crippen molar-refractivity contribution in [3.8, 4) is 11.3 Å². The van der Waals surface area contributed by atoms with E-state index in [0.717, 1.165) is 43.0 Å². The minimum absolute atomic E-state index is 0.599. The molecule has 2 rings (SSSR count). The van der Waals surface area contributed by atoms with E-state index in [1.807, 2.05) is 30.3 Å². The smallest absolute Gasteiger partial charge is 0.135 e. The van der Waals surface area contributed by atoms with E-state index >= 15 is 0 Å². The largest absolute Gasteiger partial charge is 0.460 e. The molecular formula is C19H23Cl2NO. The zero-order valence-electron chi connectivity index (χ0n) is 13.4. The van der Waals surface area contributed by atoms with Gasteiger partial charge in [-0.05, 0) is 55.6 Å². The lowest BCUT2D eigenvalue weighted by atomic mass is 9.99. The standard InChI is InChI=1S/C19H23Cl2NO/c1-3-5-14(4-2)10-11-22-13-16-7-9-19(23-16)17-8-6-15(20)12-18(17)21/h3,6-9,12,14,22H,1,4-5,10-11,13H2,2H3. The van der Waals surface area contributed by atoms with E-state index in [1.54, 1.807) is 6.07 Å². The van der Waals surface area contributed by atoms with Crippen molar-refractivity contribution in [2.24, 2.45) is 5.92 Å². The number of hydrogen-bond donors (Lipinski definition) is 1. The Morgan fingerprint density at radius 3 is 2.78 bits per heavy atom. The van der Waals surface area contributed by atoms with Gasteiger partial charge in [0.25, 0.3) is 0 Å². The maximum Gasteiger partial charge on any atom is 0.135 e. The summed E-state index contributed by atoms with van der Waals surface area (Å²) in [5.41, 5.74) is 0.861. The maximum absolute atomic E-state index is 6.21. The zero-order valence-corrected chi connectivity index (χ0v) is 15.0. The summed E-state index contributed by atoms with van der Waals surface area (Å²) < 4.78 is 5.87. The maximum atomic E-state index is 6.21. The van der Waals surface area contributed by atoms with E-state index < -0.39 is 0 Å². The fraction of sp³-hybridized carbons (Fsp3) is 0.368. The molecule has 0 saturated carbocycles. The molecule has 0 aliphatic heterocycles. The van der Waals surface area contributed by atoms with Crippen molar-refractivity contribution in [1.29, 1.82) is 0 Å². The molecule has 0 radical (unpaired) electrons. The topological polar surface area (TPSA) is 25.2 Å². The molecule has 23 heavy (non-hydrogen) atoms. The highest BCUT2D eigenvalue weighted by molar-refractivity contribution is 6.36. The highest BCUT2D eigenvalue weighted by atomic mass is 35.5. The Balaban J connectivity index is 1.86. The molecule has 1 atom stereocenters. The van der Waals surface area contributed by atoms with Gasteiger partial charge < -0.3 is 9.73 Å². The summed E-state index contributed by atoms with van der Waals surface area (Å²) in [6.45, 7) is 7.73. The lowest BCUT2D eigenvalue weighted by Gasteiger charge is -2.12. The fourth-order valence-electron chi connectivity index (χ4n) is 2.55. The van der Waals surface area contributed by atoms with Crippen LogP contribution in [-0.2, 0) is 6.54 Å². The predicted molar refractivity (Wildman–Crippen MR) is 99.1 cm³/mol. The summed E-state index contributed by atoms with van der Waals surface area (Å²) in [7, 11) is 0. The van der Waals surface area contributed by atoms with Crippen LogP contribution in [0.1, 0.15) is 31.9 Å². The van der Waals surface area contributed by atoms with Crippen molar-refractivity contribution in [3.05, 3.63) is 58.8 Å². The Morgan fingerprint density at radius 1 is 1.26 bits per heavy atom. The molecule has 0 bridgehead atoms. The Hall–Kier alpha value is -1.22. The van der Waals surface area contributed by atoms with E-state index in [9.17, 15) is 0 Å². The van der Waals surface area contributed by atoms with Gasteiger partial charge in [-0.25, -0.2) is 0 Å². The molecular weight excluding hydrogens is 329 g/mol. The van der Waals surface area contributed by atoms with Crippen LogP contribution < -0.4 is 5.32 Å². The third kappa shape index (κ3) is 5.42. The lowest BCUT2D eigenvalue weighted by molar-refractivity contribution is 0.438. The van der Waals surface area contributed by atoms with Crippen LogP contribution in [0, 0.1) is 5.92 Å². The average Bonchev–Trinajstić information content (AvgIpc) is 2.99. The minimum Gasteiger partial charge on any atom is -0.460 e. The third-order valence-electron chi connectivity index (χ3n) is 3.96. The van der Waals surface area contributed by atoms with Crippen molar-refractivity contribution < 1.29 is 4.42 Å². The van der Waals surface area contributed by atoms with E-state index in [1.165, 1.54) is 6.42 Å². The monoisotopic (exact) mass is 351 g/mol. The van der Waals surface area contributed by atoms with Crippen molar-refractivity contribution in [2.45, 2.75) is 32.7 Å². The molecule has 1 N–H and O–H groups in total. The number of halogens is 2. The summed E-state index contributed by atoms with van der Waals surface area (Å²) in [6.07, 6.45) is 5.42. The van der Waals surface area contributed by atoms with Gasteiger partial charge in [-0.1, -0.05) is 42.6 Å². The molecule has 124 valence electrons. The number of rotatable bonds is 9. The van der Waals surface area contributed by atoms with E-state index in [4.69, 9.17) is 27.6 Å². The number of benzene rings is 1.